The number of ether oxygens (including phenoxy) is 1. The molecule has 190 valence electrons. The molecule has 1 fully saturated rings. The van der Waals surface area contributed by atoms with Gasteiger partial charge in [0.15, 0.2) is 0 Å². The van der Waals surface area contributed by atoms with Crippen LogP contribution >= 0.6 is 0 Å². The largest absolute Gasteiger partial charge is 0.444 e. The van der Waals surface area contributed by atoms with Gasteiger partial charge in [-0.2, -0.15) is 4.98 Å². The summed E-state index contributed by atoms with van der Waals surface area (Å²) in [5.74, 6) is 1.04. The van der Waals surface area contributed by atoms with Gasteiger partial charge in [-0.25, -0.2) is 4.79 Å². The SMILES string of the molecule is CCCCCCCCCn1ccc2c(-c3noc([C@@H]4CCCN4C(=O)OC(C)(C)C)n3)cccc21. The predicted molar refractivity (Wildman–Crippen MR) is 138 cm³/mol. The zero-order valence-electron chi connectivity index (χ0n) is 21.8. The van der Waals surface area contributed by atoms with E-state index >= 15 is 0 Å². The molecule has 3 aromatic rings. The Morgan fingerprint density at radius 1 is 1.11 bits per heavy atom. The van der Waals surface area contributed by atoms with Crippen LogP contribution in [-0.4, -0.2) is 37.8 Å². The van der Waals surface area contributed by atoms with E-state index in [9.17, 15) is 4.79 Å². The van der Waals surface area contributed by atoms with E-state index in [4.69, 9.17) is 14.2 Å². The minimum absolute atomic E-state index is 0.243. The maximum Gasteiger partial charge on any atom is 0.410 e. The smallest absolute Gasteiger partial charge is 0.410 e. The van der Waals surface area contributed by atoms with E-state index in [2.05, 4.69) is 41.0 Å². The summed E-state index contributed by atoms with van der Waals surface area (Å²) >= 11 is 0. The van der Waals surface area contributed by atoms with Crippen LogP contribution in [0.1, 0.15) is 97.4 Å². The molecule has 7 heteroatoms. The highest BCUT2D eigenvalue weighted by atomic mass is 16.6. The van der Waals surface area contributed by atoms with Crippen LogP contribution in [0.3, 0.4) is 0 Å². The number of nitrogens with zero attached hydrogens (tertiary/aromatic N) is 4. The molecule has 0 bridgehead atoms. The Morgan fingerprint density at radius 2 is 1.89 bits per heavy atom. The van der Waals surface area contributed by atoms with Crippen LogP contribution in [0.15, 0.2) is 35.0 Å². The minimum atomic E-state index is -0.540. The highest BCUT2D eigenvalue weighted by Crippen LogP contribution is 2.34. The summed E-state index contributed by atoms with van der Waals surface area (Å²) in [5, 5.41) is 5.42. The average molecular weight is 481 g/mol. The number of carbonyl (C=O) groups excluding carboxylic acids is 1. The van der Waals surface area contributed by atoms with Gasteiger partial charge in [0.1, 0.15) is 11.6 Å². The van der Waals surface area contributed by atoms with Gasteiger partial charge in [0.25, 0.3) is 0 Å². The monoisotopic (exact) mass is 480 g/mol. The molecule has 4 rings (SSSR count). The molecule has 1 aliphatic heterocycles. The van der Waals surface area contributed by atoms with E-state index in [1.807, 2.05) is 26.8 Å². The van der Waals surface area contributed by atoms with Crippen LogP contribution in [0.4, 0.5) is 4.79 Å². The Bertz CT molecular complexity index is 1110. The van der Waals surface area contributed by atoms with Gasteiger partial charge < -0.3 is 13.8 Å². The maximum absolute atomic E-state index is 12.7. The first-order valence-electron chi connectivity index (χ1n) is 13.3. The van der Waals surface area contributed by atoms with Crippen LogP contribution in [-0.2, 0) is 11.3 Å². The van der Waals surface area contributed by atoms with Crippen molar-refractivity contribution in [3.63, 3.8) is 0 Å². The number of unbranched alkanes of at least 4 members (excludes halogenated alkanes) is 6. The van der Waals surface area contributed by atoms with Crippen LogP contribution in [0, 0.1) is 0 Å². The third-order valence-electron chi connectivity index (χ3n) is 6.66. The van der Waals surface area contributed by atoms with Crippen molar-refractivity contribution in [3.05, 3.63) is 36.4 Å². The molecule has 1 amide bonds. The molecule has 0 saturated carbocycles. The molecule has 1 saturated heterocycles. The van der Waals surface area contributed by atoms with E-state index in [-0.39, 0.29) is 12.1 Å². The summed E-state index contributed by atoms with van der Waals surface area (Å²) in [6.45, 7) is 9.54. The highest BCUT2D eigenvalue weighted by molar-refractivity contribution is 5.93. The Morgan fingerprint density at radius 3 is 2.66 bits per heavy atom. The van der Waals surface area contributed by atoms with Crippen molar-refractivity contribution in [2.45, 2.75) is 104 Å². The number of rotatable bonds is 10. The van der Waals surface area contributed by atoms with Gasteiger partial charge in [-0.1, -0.05) is 62.7 Å². The van der Waals surface area contributed by atoms with Gasteiger partial charge in [-0.05, 0) is 52.2 Å². The third kappa shape index (κ3) is 6.24. The second kappa shape index (κ2) is 11.3. The first kappa shape index (κ1) is 25.3. The molecule has 1 aromatic carbocycles. The summed E-state index contributed by atoms with van der Waals surface area (Å²) < 4.78 is 13.6. The molecule has 0 N–H and O–H groups in total. The van der Waals surface area contributed by atoms with Crippen LogP contribution in [0.2, 0.25) is 0 Å². The first-order chi connectivity index (χ1) is 16.9. The van der Waals surface area contributed by atoms with E-state index in [1.165, 1.54) is 50.5 Å². The Balaban J connectivity index is 1.44. The predicted octanol–water partition coefficient (Wildman–Crippen LogP) is 7.51. The summed E-state index contributed by atoms with van der Waals surface area (Å²) in [4.78, 5) is 19.1. The van der Waals surface area contributed by atoms with Gasteiger partial charge >= 0.3 is 6.09 Å². The molecule has 1 aliphatic rings. The molecular weight excluding hydrogens is 440 g/mol. The second-order valence-corrected chi connectivity index (χ2v) is 10.7. The summed E-state index contributed by atoms with van der Waals surface area (Å²) in [6.07, 6.45) is 12.6. The van der Waals surface area contributed by atoms with Crippen LogP contribution < -0.4 is 0 Å². The topological polar surface area (TPSA) is 73.4 Å². The van der Waals surface area contributed by atoms with Gasteiger partial charge in [0, 0.05) is 35.8 Å². The van der Waals surface area contributed by atoms with Crippen molar-refractivity contribution in [1.29, 1.82) is 0 Å². The molecule has 7 nitrogen and oxygen atoms in total. The van der Waals surface area contributed by atoms with Crippen molar-refractivity contribution in [3.8, 4) is 11.4 Å². The quantitative estimate of drug-likeness (QED) is 0.281. The lowest BCUT2D eigenvalue weighted by Gasteiger charge is -2.26. The number of fused-ring (bicyclic) bond motifs is 1. The number of benzene rings is 1. The molecule has 2 aromatic heterocycles. The van der Waals surface area contributed by atoms with Crippen molar-refractivity contribution in [2.24, 2.45) is 0 Å². The van der Waals surface area contributed by atoms with Crippen LogP contribution in [0.5, 0.6) is 0 Å². The number of amides is 1. The number of carbonyl (C=O) groups is 1. The summed E-state index contributed by atoms with van der Waals surface area (Å²) in [6, 6.07) is 8.15. The van der Waals surface area contributed by atoms with Gasteiger partial charge in [-0.3, -0.25) is 4.90 Å². The van der Waals surface area contributed by atoms with E-state index in [0.717, 1.165) is 30.3 Å². The van der Waals surface area contributed by atoms with E-state index in [1.54, 1.807) is 4.90 Å². The highest BCUT2D eigenvalue weighted by Gasteiger charge is 2.36. The summed E-state index contributed by atoms with van der Waals surface area (Å²) in [5.41, 5.74) is 1.61. The number of aryl methyl sites for hydroxylation is 1. The van der Waals surface area contributed by atoms with Crippen molar-refractivity contribution in [2.75, 3.05) is 6.54 Å². The maximum atomic E-state index is 12.7. The number of aromatic nitrogens is 3. The number of likely N-dealkylation sites (tertiary alicyclic amines) is 1. The summed E-state index contributed by atoms with van der Waals surface area (Å²) in [7, 11) is 0. The Labute approximate surface area is 208 Å². The Kier molecular flexibility index (Phi) is 8.14. The zero-order valence-corrected chi connectivity index (χ0v) is 21.8. The van der Waals surface area contributed by atoms with Gasteiger partial charge in [-0.15, -0.1) is 0 Å². The lowest BCUT2D eigenvalue weighted by atomic mass is 10.1. The van der Waals surface area contributed by atoms with E-state index in [0.29, 0.717) is 18.3 Å². The van der Waals surface area contributed by atoms with Crippen molar-refractivity contribution >= 4 is 17.0 Å². The molecule has 0 aliphatic carbocycles. The number of hydrogen-bond donors (Lipinski definition) is 0. The normalized spacial score (nSPS) is 16.3. The molecule has 0 radical (unpaired) electrons. The van der Waals surface area contributed by atoms with Crippen molar-refractivity contribution < 1.29 is 14.1 Å². The molecule has 0 spiro atoms. The standard InChI is InChI=1S/C28H40N4O3/c1-5-6-7-8-9-10-11-18-31-20-17-21-22(14-12-15-23(21)31)25-29-26(35-30-25)24-16-13-19-32(24)27(33)34-28(2,3)4/h12,14-15,17,20,24H,5-11,13,16,18-19H2,1-4H3/t24-/m0/s1. The first-order valence-corrected chi connectivity index (χ1v) is 13.3. The fourth-order valence-electron chi connectivity index (χ4n) is 4.90. The fraction of sp³-hybridized carbons (Fsp3) is 0.607. The Hall–Kier alpha value is -2.83. The third-order valence-corrected chi connectivity index (χ3v) is 6.66. The molecule has 35 heavy (non-hydrogen) atoms. The van der Waals surface area contributed by atoms with Crippen molar-refractivity contribution in [1.82, 2.24) is 19.6 Å². The lowest BCUT2D eigenvalue weighted by molar-refractivity contribution is 0.0199. The lowest BCUT2D eigenvalue weighted by Crippen LogP contribution is -2.36. The van der Waals surface area contributed by atoms with Gasteiger partial charge in [0.2, 0.25) is 11.7 Å². The second-order valence-electron chi connectivity index (χ2n) is 10.7. The zero-order chi connectivity index (χ0) is 24.8. The molecule has 3 heterocycles. The number of hydrogen-bond acceptors (Lipinski definition) is 5. The molecule has 0 unspecified atom stereocenters. The fourth-order valence-corrected chi connectivity index (χ4v) is 4.90. The molecular formula is C28H40N4O3. The van der Waals surface area contributed by atoms with E-state index < -0.39 is 5.60 Å². The average Bonchev–Trinajstić information content (AvgIpc) is 3.56. The van der Waals surface area contributed by atoms with Gasteiger partial charge in [0.05, 0.1) is 0 Å². The minimum Gasteiger partial charge on any atom is -0.444 e. The van der Waals surface area contributed by atoms with Crippen LogP contribution in [0.25, 0.3) is 22.3 Å². The molecule has 1 atom stereocenters.